The number of fused-ring (bicyclic) bond motifs is 1. The molecule has 2 aromatic carbocycles. The lowest BCUT2D eigenvalue weighted by Crippen LogP contribution is -2.57. The summed E-state index contributed by atoms with van der Waals surface area (Å²) in [6.07, 6.45) is 0.296. The molecule has 1 aliphatic rings. The molecule has 0 aromatic heterocycles. The second-order valence-corrected chi connectivity index (χ2v) is 8.52. The molecular weight excluding hydrogens is 420 g/mol. The second kappa shape index (κ2) is 11.2. The zero-order valence-electron chi connectivity index (χ0n) is 19.4. The van der Waals surface area contributed by atoms with E-state index in [0.29, 0.717) is 25.8 Å². The monoisotopic (exact) mass is 452 g/mol. The minimum absolute atomic E-state index is 0.289. The summed E-state index contributed by atoms with van der Waals surface area (Å²) in [6, 6.07) is 15.3. The lowest BCUT2D eigenvalue weighted by molar-refractivity contribution is -0.154. The maximum Gasteiger partial charge on any atom is 0.328 e. The van der Waals surface area contributed by atoms with Crippen molar-refractivity contribution in [3.8, 4) is 0 Å². The molecule has 0 aliphatic carbocycles. The smallest absolute Gasteiger partial charge is 0.328 e. The number of methoxy groups -OCH3 is 1. The molecule has 176 valence electrons. The number of aliphatic hydroxyl groups is 1. The fourth-order valence-electron chi connectivity index (χ4n) is 4.28. The van der Waals surface area contributed by atoms with E-state index in [-0.39, 0.29) is 11.7 Å². The fourth-order valence-corrected chi connectivity index (χ4v) is 4.28. The second-order valence-electron chi connectivity index (χ2n) is 8.52. The van der Waals surface area contributed by atoms with Crippen LogP contribution in [0, 0.1) is 0 Å². The number of amides is 1. The number of nitrogens with zero attached hydrogens (tertiary/aromatic N) is 1. The van der Waals surface area contributed by atoms with Crippen molar-refractivity contribution in [2.24, 2.45) is 0 Å². The molecule has 0 fully saturated rings. The van der Waals surface area contributed by atoms with Crippen LogP contribution in [0.3, 0.4) is 0 Å². The summed E-state index contributed by atoms with van der Waals surface area (Å²) < 4.78 is 4.96. The van der Waals surface area contributed by atoms with Gasteiger partial charge in [-0.3, -0.25) is 14.9 Å². The number of esters is 1. The Balaban J connectivity index is 1.75. The van der Waals surface area contributed by atoms with E-state index < -0.39 is 30.2 Å². The number of hydrogen-bond donors (Lipinski definition) is 2. The van der Waals surface area contributed by atoms with Crippen LogP contribution in [0.25, 0.3) is 0 Å². The summed E-state index contributed by atoms with van der Waals surface area (Å²) in [6.45, 7) is 3.41. The van der Waals surface area contributed by atoms with Gasteiger partial charge >= 0.3 is 5.97 Å². The van der Waals surface area contributed by atoms with Gasteiger partial charge < -0.3 is 14.7 Å². The number of aryl methyl sites for hydroxylation is 1. The summed E-state index contributed by atoms with van der Waals surface area (Å²) in [7, 11) is 1.31. The lowest BCUT2D eigenvalue weighted by atomic mass is 9.93. The zero-order valence-corrected chi connectivity index (χ0v) is 19.4. The van der Waals surface area contributed by atoms with E-state index in [0.717, 1.165) is 16.7 Å². The number of aliphatic hydroxyl groups excluding tert-OH is 1. The molecule has 2 aromatic rings. The van der Waals surface area contributed by atoms with Crippen molar-refractivity contribution >= 4 is 17.7 Å². The average Bonchev–Trinajstić information content (AvgIpc) is 2.84. The van der Waals surface area contributed by atoms with Gasteiger partial charge in [-0.25, -0.2) is 4.79 Å². The van der Waals surface area contributed by atoms with Gasteiger partial charge in [-0.2, -0.15) is 0 Å². The van der Waals surface area contributed by atoms with Crippen LogP contribution < -0.4 is 5.32 Å². The average molecular weight is 453 g/mol. The van der Waals surface area contributed by atoms with E-state index in [9.17, 15) is 19.5 Å². The predicted molar refractivity (Wildman–Crippen MR) is 124 cm³/mol. The molecule has 0 bridgehead atoms. The van der Waals surface area contributed by atoms with Crippen molar-refractivity contribution in [2.75, 3.05) is 7.11 Å². The highest BCUT2D eigenvalue weighted by Gasteiger charge is 2.38. The van der Waals surface area contributed by atoms with Gasteiger partial charge in [0.1, 0.15) is 12.1 Å². The molecule has 1 aliphatic heterocycles. The number of carbonyl (C=O) groups excluding carboxylic acids is 3. The van der Waals surface area contributed by atoms with Crippen LogP contribution in [0.2, 0.25) is 0 Å². The van der Waals surface area contributed by atoms with Crippen LogP contribution in [-0.2, 0) is 38.5 Å². The molecule has 7 heteroatoms. The summed E-state index contributed by atoms with van der Waals surface area (Å²) >= 11 is 0. The third-order valence-corrected chi connectivity index (χ3v) is 6.15. The highest BCUT2D eigenvalue weighted by atomic mass is 16.5. The Labute approximate surface area is 194 Å². The van der Waals surface area contributed by atoms with Crippen molar-refractivity contribution in [1.82, 2.24) is 10.2 Å². The number of Topliss-reactive ketones (excluding diaryl/α,β-unsaturated/α-hetero) is 1. The van der Waals surface area contributed by atoms with Crippen molar-refractivity contribution in [3.05, 3.63) is 71.3 Å². The molecule has 1 unspecified atom stereocenters. The van der Waals surface area contributed by atoms with Crippen LogP contribution >= 0.6 is 0 Å². The van der Waals surface area contributed by atoms with Gasteiger partial charge in [0, 0.05) is 13.0 Å². The molecule has 0 saturated carbocycles. The maximum absolute atomic E-state index is 13.4. The van der Waals surface area contributed by atoms with Crippen LogP contribution in [0.15, 0.2) is 54.6 Å². The summed E-state index contributed by atoms with van der Waals surface area (Å²) in [4.78, 5) is 40.1. The zero-order chi connectivity index (χ0) is 24.0. The topological polar surface area (TPSA) is 95.9 Å². The number of ketones is 1. The van der Waals surface area contributed by atoms with Crippen molar-refractivity contribution in [2.45, 2.75) is 63.9 Å². The van der Waals surface area contributed by atoms with E-state index in [2.05, 4.69) is 5.32 Å². The number of rotatable bonds is 9. The van der Waals surface area contributed by atoms with Crippen LogP contribution in [-0.4, -0.2) is 59.0 Å². The fraction of sp³-hybridized carbons (Fsp3) is 0.423. The lowest BCUT2D eigenvalue weighted by Gasteiger charge is -2.37. The number of carbonyl (C=O) groups is 3. The maximum atomic E-state index is 13.4. The van der Waals surface area contributed by atoms with Gasteiger partial charge in [-0.05, 0) is 43.4 Å². The van der Waals surface area contributed by atoms with Crippen LogP contribution in [0.5, 0.6) is 0 Å². The van der Waals surface area contributed by atoms with Crippen molar-refractivity contribution in [3.63, 3.8) is 0 Å². The summed E-state index contributed by atoms with van der Waals surface area (Å²) in [5, 5.41) is 13.0. The van der Waals surface area contributed by atoms with E-state index in [1.165, 1.54) is 18.9 Å². The standard InChI is InChI=1S/C26H32N2O5/c1-17(27-22(24(30)18(2)29)14-13-19-9-5-4-6-10-19)25(31)28-16-21-12-8-7-11-20(21)15-23(28)26(32)33-3/h4-12,17-18,22-23,27,29H,13-16H2,1-3H3/t17-,18?,22-,23-/m0/s1. The first-order chi connectivity index (χ1) is 15.8. The Hall–Kier alpha value is -3.03. The highest BCUT2D eigenvalue weighted by Crippen LogP contribution is 2.25. The third-order valence-electron chi connectivity index (χ3n) is 6.15. The van der Waals surface area contributed by atoms with Gasteiger partial charge in [0.25, 0.3) is 0 Å². The van der Waals surface area contributed by atoms with Gasteiger partial charge in [-0.1, -0.05) is 54.6 Å². The minimum atomic E-state index is -1.15. The van der Waals surface area contributed by atoms with Crippen molar-refractivity contribution < 1.29 is 24.2 Å². The Morgan fingerprint density at radius 2 is 1.70 bits per heavy atom. The predicted octanol–water partition coefficient (Wildman–Crippen LogP) is 2.04. The van der Waals surface area contributed by atoms with Crippen LogP contribution in [0.1, 0.15) is 37.0 Å². The number of hydrogen-bond acceptors (Lipinski definition) is 6. The van der Waals surface area contributed by atoms with E-state index in [1.807, 2.05) is 54.6 Å². The molecule has 0 spiro atoms. The van der Waals surface area contributed by atoms with Crippen molar-refractivity contribution in [1.29, 1.82) is 0 Å². The molecule has 33 heavy (non-hydrogen) atoms. The van der Waals surface area contributed by atoms with Gasteiger partial charge in [0.2, 0.25) is 5.91 Å². The largest absolute Gasteiger partial charge is 0.467 e. The number of benzene rings is 2. The Kier molecular flexibility index (Phi) is 8.36. The molecule has 2 N–H and O–H groups in total. The first-order valence-electron chi connectivity index (χ1n) is 11.3. The Morgan fingerprint density at radius 1 is 1.06 bits per heavy atom. The van der Waals surface area contributed by atoms with E-state index >= 15 is 0 Å². The Bertz CT molecular complexity index is 976. The number of ether oxygens (including phenoxy) is 1. The highest BCUT2D eigenvalue weighted by molar-refractivity contribution is 5.90. The Morgan fingerprint density at radius 3 is 2.33 bits per heavy atom. The molecule has 0 saturated heterocycles. The molecule has 0 radical (unpaired) electrons. The summed E-state index contributed by atoms with van der Waals surface area (Å²) in [5.74, 6) is -1.12. The third kappa shape index (κ3) is 6.06. The molecule has 4 atom stereocenters. The molecule has 3 rings (SSSR count). The molecule has 1 heterocycles. The van der Waals surface area contributed by atoms with E-state index in [1.54, 1.807) is 6.92 Å². The number of nitrogens with one attached hydrogen (secondary N) is 1. The van der Waals surface area contributed by atoms with Gasteiger partial charge in [0.15, 0.2) is 5.78 Å². The van der Waals surface area contributed by atoms with Crippen LogP contribution in [0.4, 0.5) is 0 Å². The first kappa shape index (κ1) is 24.6. The SMILES string of the molecule is COC(=O)[C@@H]1Cc2ccccc2CN1C(=O)[C@H](C)N[C@@H](CCc1ccccc1)C(=O)C(C)O. The van der Waals surface area contributed by atoms with E-state index in [4.69, 9.17) is 4.74 Å². The normalized spacial score (nSPS) is 18.1. The minimum Gasteiger partial charge on any atom is -0.467 e. The summed E-state index contributed by atoms with van der Waals surface area (Å²) in [5.41, 5.74) is 3.07. The quantitative estimate of drug-likeness (QED) is 0.566. The van der Waals surface area contributed by atoms with Gasteiger partial charge in [0.05, 0.1) is 19.2 Å². The van der Waals surface area contributed by atoms with Gasteiger partial charge in [-0.15, -0.1) is 0 Å². The first-order valence-corrected chi connectivity index (χ1v) is 11.3. The molecule has 1 amide bonds. The molecular formula is C26H32N2O5. The molecule has 7 nitrogen and oxygen atoms in total.